The summed E-state index contributed by atoms with van der Waals surface area (Å²) in [5, 5.41) is 3.45. The Morgan fingerprint density at radius 1 is 1.15 bits per heavy atom. The molecular weight excluding hydrogens is 250 g/mol. The van der Waals surface area contributed by atoms with Gasteiger partial charge in [-0.3, -0.25) is 4.79 Å². The maximum Gasteiger partial charge on any atom is 0.224 e. The summed E-state index contributed by atoms with van der Waals surface area (Å²) in [5.41, 5.74) is 0.0598. The number of carbonyl (C=O) groups is 1. The number of carbonyl (C=O) groups excluding carboxylic acids is 1. The Morgan fingerprint density at radius 2 is 1.80 bits per heavy atom. The molecule has 0 saturated heterocycles. The van der Waals surface area contributed by atoms with Crippen LogP contribution in [0.1, 0.15) is 51.9 Å². The Morgan fingerprint density at radius 3 is 2.30 bits per heavy atom. The van der Waals surface area contributed by atoms with Crippen LogP contribution in [0.15, 0.2) is 0 Å². The van der Waals surface area contributed by atoms with Gasteiger partial charge in [-0.05, 0) is 53.9 Å². The van der Waals surface area contributed by atoms with Gasteiger partial charge in [-0.1, -0.05) is 19.3 Å². The minimum absolute atomic E-state index is 0.0598. The van der Waals surface area contributed by atoms with E-state index in [-0.39, 0.29) is 5.54 Å². The second-order valence-electron chi connectivity index (χ2n) is 6.40. The highest BCUT2D eigenvalue weighted by atomic mass is 16.2. The van der Waals surface area contributed by atoms with Crippen molar-refractivity contribution in [2.75, 3.05) is 40.8 Å². The summed E-state index contributed by atoms with van der Waals surface area (Å²) in [6.45, 7) is 4.83. The van der Waals surface area contributed by atoms with Crippen LogP contribution in [0.25, 0.3) is 0 Å². The summed E-state index contributed by atoms with van der Waals surface area (Å²) >= 11 is 0. The number of amides is 1. The van der Waals surface area contributed by atoms with Crippen molar-refractivity contribution < 1.29 is 4.79 Å². The molecule has 0 radical (unpaired) electrons. The van der Waals surface area contributed by atoms with E-state index in [1.165, 1.54) is 19.3 Å². The zero-order valence-corrected chi connectivity index (χ0v) is 13.9. The molecule has 0 heterocycles. The fourth-order valence-corrected chi connectivity index (χ4v) is 3.18. The maximum absolute atomic E-state index is 12.6. The molecule has 4 heteroatoms. The molecule has 0 unspecified atom stereocenters. The topological polar surface area (TPSA) is 35.6 Å². The summed E-state index contributed by atoms with van der Waals surface area (Å²) in [6.07, 6.45) is 7.83. The van der Waals surface area contributed by atoms with Gasteiger partial charge in [0.05, 0.1) is 0 Å². The smallest absolute Gasteiger partial charge is 0.224 e. The lowest BCUT2D eigenvalue weighted by molar-refractivity contribution is -0.133. The first kappa shape index (κ1) is 17.4. The van der Waals surface area contributed by atoms with Crippen molar-refractivity contribution in [3.8, 4) is 0 Å². The molecule has 0 aromatic carbocycles. The molecule has 0 spiro atoms. The van der Waals surface area contributed by atoms with Gasteiger partial charge in [0.2, 0.25) is 5.91 Å². The molecule has 118 valence electrons. The van der Waals surface area contributed by atoms with Crippen molar-refractivity contribution >= 4 is 5.91 Å². The molecule has 20 heavy (non-hydrogen) atoms. The molecule has 1 rings (SSSR count). The Bertz CT molecular complexity index is 285. The summed E-state index contributed by atoms with van der Waals surface area (Å²) < 4.78 is 0. The zero-order valence-electron chi connectivity index (χ0n) is 13.9. The van der Waals surface area contributed by atoms with Gasteiger partial charge in [0.1, 0.15) is 0 Å². The van der Waals surface area contributed by atoms with E-state index in [0.29, 0.717) is 12.3 Å². The normalized spacial score (nSPS) is 18.2. The molecule has 1 aliphatic rings. The van der Waals surface area contributed by atoms with E-state index < -0.39 is 0 Å². The SMILES string of the molecule is CCN(CCCN(C)C)C(=O)CC1(NC)CCCCC1. The van der Waals surface area contributed by atoms with E-state index in [9.17, 15) is 4.79 Å². The molecule has 0 atom stereocenters. The van der Waals surface area contributed by atoms with Crippen LogP contribution < -0.4 is 5.32 Å². The van der Waals surface area contributed by atoms with Gasteiger partial charge in [-0.25, -0.2) is 0 Å². The third kappa shape index (κ3) is 5.41. The number of hydrogen-bond acceptors (Lipinski definition) is 3. The van der Waals surface area contributed by atoms with Crippen molar-refractivity contribution in [3.05, 3.63) is 0 Å². The first-order valence-electron chi connectivity index (χ1n) is 8.14. The first-order valence-corrected chi connectivity index (χ1v) is 8.14. The van der Waals surface area contributed by atoms with Gasteiger partial charge < -0.3 is 15.1 Å². The van der Waals surface area contributed by atoms with Gasteiger partial charge in [-0.2, -0.15) is 0 Å². The van der Waals surface area contributed by atoms with Crippen LogP contribution in [-0.4, -0.2) is 62.0 Å². The summed E-state index contributed by atoms with van der Waals surface area (Å²) in [6, 6.07) is 0. The molecule has 0 aromatic rings. The van der Waals surface area contributed by atoms with Gasteiger partial charge in [0.25, 0.3) is 0 Å². The van der Waals surface area contributed by atoms with E-state index >= 15 is 0 Å². The van der Waals surface area contributed by atoms with Crippen LogP contribution in [0.3, 0.4) is 0 Å². The predicted molar refractivity (Wildman–Crippen MR) is 84.9 cm³/mol. The van der Waals surface area contributed by atoms with Gasteiger partial charge >= 0.3 is 0 Å². The van der Waals surface area contributed by atoms with E-state index in [2.05, 4.69) is 31.2 Å². The third-order valence-corrected chi connectivity index (χ3v) is 4.60. The van der Waals surface area contributed by atoms with Crippen molar-refractivity contribution in [1.82, 2.24) is 15.1 Å². The Labute approximate surface area is 124 Å². The van der Waals surface area contributed by atoms with Crippen molar-refractivity contribution in [3.63, 3.8) is 0 Å². The average Bonchev–Trinajstić information content (AvgIpc) is 2.44. The summed E-state index contributed by atoms with van der Waals surface area (Å²) in [5.74, 6) is 0.322. The quantitative estimate of drug-likeness (QED) is 0.741. The Kier molecular flexibility index (Phi) is 7.52. The van der Waals surface area contributed by atoms with Crippen LogP contribution in [-0.2, 0) is 4.79 Å². The standard InChI is InChI=1S/C16H33N3O/c1-5-19(13-9-12-18(3)4)15(20)14-16(17-2)10-7-6-8-11-16/h17H,5-14H2,1-4H3. The van der Waals surface area contributed by atoms with Gasteiger partial charge in [0.15, 0.2) is 0 Å². The molecule has 4 nitrogen and oxygen atoms in total. The Hall–Kier alpha value is -0.610. The lowest BCUT2D eigenvalue weighted by atomic mass is 9.79. The average molecular weight is 283 g/mol. The summed E-state index contributed by atoms with van der Waals surface area (Å²) in [7, 11) is 6.17. The summed E-state index contributed by atoms with van der Waals surface area (Å²) in [4.78, 5) is 16.8. The highest BCUT2D eigenvalue weighted by molar-refractivity contribution is 5.77. The first-order chi connectivity index (χ1) is 9.53. The minimum Gasteiger partial charge on any atom is -0.343 e. The van der Waals surface area contributed by atoms with Crippen LogP contribution in [0.4, 0.5) is 0 Å². The third-order valence-electron chi connectivity index (χ3n) is 4.60. The Balaban J connectivity index is 2.48. The van der Waals surface area contributed by atoms with Crippen molar-refractivity contribution in [1.29, 1.82) is 0 Å². The number of nitrogens with one attached hydrogen (secondary N) is 1. The molecule has 1 N–H and O–H groups in total. The minimum atomic E-state index is 0.0598. The largest absolute Gasteiger partial charge is 0.343 e. The number of nitrogens with zero attached hydrogens (tertiary/aromatic N) is 2. The van der Waals surface area contributed by atoms with Crippen molar-refractivity contribution in [2.45, 2.75) is 57.4 Å². The lowest BCUT2D eigenvalue weighted by Gasteiger charge is -2.38. The monoisotopic (exact) mass is 283 g/mol. The van der Waals surface area contributed by atoms with Crippen LogP contribution >= 0.6 is 0 Å². The molecule has 1 fully saturated rings. The molecule has 0 aromatic heterocycles. The molecule has 1 amide bonds. The van der Waals surface area contributed by atoms with Crippen LogP contribution in [0, 0.1) is 0 Å². The fourth-order valence-electron chi connectivity index (χ4n) is 3.18. The molecular formula is C16H33N3O. The zero-order chi connectivity index (χ0) is 15.0. The van der Waals surface area contributed by atoms with E-state index in [1.54, 1.807) is 0 Å². The van der Waals surface area contributed by atoms with E-state index in [0.717, 1.165) is 38.9 Å². The predicted octanol–water partition coefficient (Wildman–Crippen LogP) is 2.10. The van der Waals surface area contributed by atoms with E-state index in [1.807, 2.05) is 11.9 Å². The highest BCUT2D eigenvalue weighted by Crippen LogP contribution is 2.31. The van der Waals surface area contributed by atoms with Crippen LogP contribution in [0.2, 0.25) is 0 Å². The second-order valence-corrected chi connectivity index (χ2v) is 6.40. The number of hydrogen-bond donors (Lipinski definition) is 1. The van der Waals surface area contributed by atoms with Crippen LogP contribution in [0.5, 0.6) is 0 Å². The second kappa shape index (κ2) is 8.63. The molecule has 1 saturated carbocycles. The van der Waals surface area contributed by atoms with Crippen molar-refractivity contribution in [2.24, 2.45) is 0 Å². The molecule has 0 bridgehead atoms. The maximum atomic E-state index is 12.6. The fraction of sp³-hybridized carbons (Fsp3) is 0.938. The lowest BCUT2D eigenvalue weighted by Crippen LogP contribution is -2.49. The van der Waals surface area contributed by atoms with Gasteiger partial charge in [0, 0.05) is 25.0 Å². The highest BCUT2D eigenvalue weighted by Gasteiger charge is 2.33. The molecule has 1 aliphatic carbocycles. The molecule has 0 aliphatic heterocycles. The van der Waals surface area contributed by atoms with E-state index in [4.69, 9.17) is 0 Å². The number of rotatable bonds is 8. The van der Waals surface area contributed by atoms with Gasteiger partial charge in [-0.15, -0.1) is 0 Å².